The van der Waals surface area contributed by atoms with Gasteiger partial charge in [-0.3, -0.25) is 4.79 Å². The van der Waals surface area contributed by atoms with E-state index in [4.69, 9.17) is 0 Å². The molecular formula is C15H22N2O. The fraction of sp³-hybridized carbons (Fsp3) is 0.533. The van der Waals surface area contributed by atoms with Gasteiger partial charge in [0.15, 0.2) is 0 Å². The van der Waals surface area contributed by atoms with Crippen molar-refractivity contribution in [2.24, 2.45) is 5.92 Å². The maximum atomic E-state index is 11.4. The molecular weight excluding hydrogens is 224 g/mol. The average molecular weight is 246 g/mol. The van der Waals surface area contributed by atoms with Gasteiger partial charge in [-0.15, -0.1) is 0 Å². The van der Waals surface area contributed by atoms with E-state index in [0.29, 0.717) is 18.5 Å². The predicted octanol–water partition coefficient (Wildman–Crippen LogP) is 2.17. The van der Waals surface area contributed by atoms with E-state index >= 15 is 0 Å². The van der Waals surface area contributed by atoms with Crippen molar-refractivity contribution in [1.82, 2.24) is 10.6 Å². The lowest BCUT2D eigenvalue weighted by Crippen LogP contribution is -2.33. The maximum absolute atomic E-state index is 11.4. The quantitative estimate of drug-likeness (QED) is 0.755. The van der Waals surface area contributed by atoms with E-state index in [-0.39, 0.29) is 5.91 Å². The van der Waals surface area contributed by atoms with Gasteiger partial charge in [0.25, 0.3) is 0 Å². The number of carbonyl (C=O) groups excluding carboxylic acids is 1. The van der Waals surface area contributed by atoms with Gasteiger partial charge in [0.05, 0.1) is 0 Å². The number of rotatable bonds is 6. The Hall–Kier alpha value is -1.35. The molecule has 18 heavy (non-hydrogen) atoms. The molecule has 0 bridgehead atoms. The summed E-state index contributed by atoms with van der Waals surface area (Å²) in [5, 5.41) is 6.38. The molecule has 0 radical (unpaired) electrons. The molecule has 3 heteroatoms. The third-order valence-corrected chi connectivity index (χ3v) is 3.40. The number of hydrogen-bond acceptors (Lipinski definition) is 2. The van der Waals surface area contributed by atoms with Gasteiger partial charge in [0, 0.05) is 25.0 Å². The van der Waals surface area contributed by atoms with Gasteiger partial charge in [-0.2, -0.15) is 0 Å². The Balaban J connectivity index is 1.66. The lowest BCUT2D eigenvalue weighted by molar-refractivity contribution is -0.122. The molecule has 98 valence electrons. The SMILES string of the molecule is Cc1ccc(C(C)NCCNC(=O)C2CC2)cc1. The van der Waals surface area contributed by atoms with E-state index in [1.54, 1.807) is 0 Å². The number of nitrogens with one attached hydrogen (secondary N) is 2. The standard InChI is InChI=1S/C15H22N2O/c1-11-3-5-13(6-4-11)12(2)16-9-10-17-15(18)14-7-8-14/h3-6,12,14,16H,7-10H2,1-2H3,(H,17,18). The van der Waals surface area contributed by atoms with Crippen molar-refractivity contribution in [1.29, 1.82) is 0 Å². The molecule has 1 unspecified atom stereocenters. The van der Waals surface area contributed by atoms with Gasteiger partial charge in [-0.05, 0) is 32.3 Å². The highest BCUT2D eigenvalue weighted by molar-refractivity contribution is 5.80. The van der Waals surface area contributed by atoms with E-state index in [1.807, 2.05) is 0 Å². The Morgan fingerprint density at radius 1 is 1.28 bits per heavy atom. The Kier molecular flexibility index (Phi) is 4.37. The van der Waals surface area contributed by atoms with Crippen molar-refractivity contribution in [3.05, 3.63) is 35.4 Å². The van der Waals surface area contributed by atoms with Crippen molar-refractivity contribution in [2.75, 3.05) is 13.1 Å². The molecule has 1 amide bonds. The fourth-order valence-electron chi connectivity index (χ4n) is 1.94. The Morgan fingerprint density at radius 3 is 2.56 bits per heavy atom. The van der Waals surface area contributed by atoms with Crippen molar-refractivity contribution >= 4 is 5.91 Å². The minimum Gasteiger partial charge on any atom is -0.355 e. The highest BCUT2D eigenvalue weighted by Crippen LogP contribution is 2.28. The van der Waals surface area contributed by atoms with Crippen molar-refractivity contribution in [3.63, 3.8) is 0 Å². The van der Waals surface area contributed by atoms with Gasteiger partial charge in [0.2, 0.25) is 5.91 Å². The first-order valence-corrected chi connectivity index (χ1v) is 6.74. The van der Waals surface area contributed by atoms with E-state index in [0.717, 1.165) is 19.4 Å². The maximum Gasteiger partial charge on any atom is 0.223 e. The molecule has 1 atom stereocenters. The molecule has 0 heterocycles. The zero-order valence-electron chi connectivity index (χ0n) is 11.2. The second-order valence-corrected chi connectivity index (χ2v) is 5.15. The second kappa shape index (κ2) is 6.01. The number of carbonyl (C=O) groups is 1. The van der Waals surface area contributed by atoms with Crippen LogP contribution in [0.4, 0.5) is 0 Å². The minimum atomic E-state index is 0.222. The van der Waals surface area contributed by atoms with Crippen LogP contribution >= 0.6 is 0 Å². The number of hydrogen-bond donors (Lipinski definition) is 2. The number of benzene rings is 1. The van der Waals surface area contributed by atoms with E-state index in [9.17, 15) is 4.79 Å². The van der Waals surface area contributed by atoms with Crippen molar-refractivity contribution in [2.45, 2.75) is 32.7 Å². The Bertz CT molecular complexity index is 395. The second-order valence-electron chi connectivity index (χ2n) is 5.15. The minimum absolute atomic E-state index is 0.222. The largest absolute Gasteiger partial charge is 0.355 e. The van der Waals surface area contributed by atoms with Gasteiger partial charge in [0.1, 0.15) is 0 Å². The monoisotopic (exact) mass is 246 g/mol. The number of aryl methyl sites for hydroxylation is 1. The molecule has 2 N–H and O–H groups in total. The summed E-state index contributed by atoms with van der Waals surface area (Å²) in [7, 11) is 0. The molecule has 0 aliphatic heterocycles. The summed E-state index contributed by atoms with van der Waals surface area (Å²) >= 11 is 0. The average Bonchev–Trinajstić information content (AvgIpc) is 3.19. The van der Waals surface area contributed by atoms with Crippen LogP contribution in [0.25, 0.3) is 0 Å². The van der Waals surface area contributed by atoms with Crippen LogP contribution in [0.15, 0.2) is 24.3 Å². The van der Waals surface area contributed by atoms with Crippen LogP contribution in [0.1, 0.15) is 36.9 Å². The normalized spacial score (nSPS) is 16.3. The highest BCUT2D eigenvalue weighted by Gasteiger charge is 2.28. The lowest BCUT2D eigenvalue weighted by atomic mass is 10.1. The van der Waals surface area contributed by atoms with Gasteiger partial charge in [-0.1, -0.05) is 29.8 Å². The smallest absolute Gasteiger partial charge is 0.223 e. The van der Waals surface area contributed by atoms with E-state index < -0.39 is 0 Å². The molecule has 1 aromatic rings. The molecule has 1 aliphatic rings. The first-order chi connectivity index (χ1) is 8.66. The molecule has 0 spiro atoms. The van der Waals surface area contributed by atoms with Crippen molar-refractivity contribution in [3.8, 4) is 0 Å². The molecule has 0 aromatic heterocycles. The van der Waals surface area contributed by atoms with Crippen LogP contribution in [0.3, 0.4) is 0 Å². The van der Waals surface area contributed by atoms with Gasteiger partial charge in [-0.25, -0.2) is 0 Å². The summed E-state index contributed by atoms with van der Waals surface area (Å²) in [6, 6.07) is 8.87. The van der Waals surface area contributed by atoms with E-state index in [2.05, 4.69) is 48.7 Å². The molecule has 1 fully saturated rings. The zero-order valence-corrected chi connectivity index (χ0v) is 11.2. The summed E-state index contributed by atoms with van der Waals surface area (Å²) in [4.78, 5) is 11.4. The highest BCUT2D eigenvalue weighted by atomic mass is 16.2. The molecule has 1 aliphatic carbocycles. The molecule has 2 rings (SSSR count). The van der Waals surface area contributed by atoms with Crippen LogP contribution in [0, 0.1) is 12.8 Å². The van der Waals surface area contributed by atoms with Crippen LogP contribution in [-0.2, 0) is 4.79 Å². The summed E-state index contributed by atoms with van der Waals surface area (Å²) in [5.74, 6) is 0.527. The van der Waals surface area contributed by atoms with Crippen molar-refractivity contribution < 1.29 is 4.79 Å². The van der Waals surface area contributed by atoms with Gasteiger partial charge < -0.3 is 10.6 Å². The van der Waals surface area contributed by atoms with Gasteiger partial charge >= 0.3 is 0 Å². The van der Waals surface area contributed by atoms with Crippen LogP contribution < -0.4 is 10.6 Å². The Labute approximate surface area is 109 Å². The van der Waals surface area contributed by atoms with E-state index in [1.165, 1.54) is 11.1 Å². The predicted molar refractivity (Wildman–Crippen MR) is 73.3 cm³/mol. The third-order valence-electron chi connectivity index (χ3n) is 3.40. The summed E-state index contributed by atoms with van der Waals surface area (Å²) in [5.41, 5.74) is 2.57. The molecule has 0 saturated heterocycles. The molecule has 1 saturated carbocycles. The zero-order chi connectivity index (χ0) is 13.0. The third kappa shape index (κ3) is 3.84. The summed E-state index contributed by atoms with van der Waals surface area (Å²) in [6.45, 7) is 5.77. The lowest BCUT2D eigenvalue weighted by Gasteiger charge is -2.14. The summed E-state index contributed by atoms with van der Waals surface area (Å²) in [6.07, 6.45) is 2.14. The Morgan fingerprint density at radius 2 is 1.94 bits per heavy atom. The number of amides is 1. The fourth-order valence-corrected chi connectivity index (χ4v) is 1.94. The van der Waals surface area contributed by atoms with Crippen LogP contribution in [0.2, 0.25) is 0 Å². The molecule has 1 aromatic carbocycles. The first-order valence-electron chi connectivity index (χ1n) is 6.74. The summed E-state index contributed by atoms with van der Waals surface area (Å²) < 4.78 is 0. The van der Waals surface area contributed by atoms with Crippen LogP contribution in [-0.4, -0.2) is 19.0 Å². The topological polar surface area (TPSA) is 41.1 Å². The first kappa shape index (κ1) is 13.1. The van der Waals surface area contributed by atoms with Crippen LogP contribution in [0.5, 0.6) is 0 Å². The molecule has 3 nitrogen and oxygen atoms in total.